The van der Waals surface area contributed by atoms with Crippen molar-refractivity contribution in [3.63, 3.8) is 0 Å². The van der Waals surface area contributed by atoms with Gasteiger partial charge in [-0.15, -0.1) is 0 Å². The van der Waals surface area contributed by atoms with Crippen molar-refractivity contribution in [1.29, 1.82) is 0 Å². The lowest BCUT2D eigenvalue weighted by Crippen LogP contribution is -2.38. The predicted octanol–water partition coefficient (Wildman–Crippen LogP) is 4.14. The predicted molar refractivity (Wildman–Crippen MR) is 103 cm³/mol. The highest BCUT2D eigenvalue weighted by molar-refractivity contribution is 5.94. The minimum atomic E-state index is 0.0985. The van der Waals surface area contributed by atoms with Gasteiger partial charge in [0.15, 0.2) is 5.82 Å². The molecular weight excluding hydrogens is 338 g/mol. The fraction of sp³-hybridized carbons (Fsp3) is 0.318. The van der Waals surface area contributed by atoms with Crippen LogP contribution in [0.5, 0.6) is 0 Å². The molecule has 1 amide bonds. The van der Waals surface area contributed by atoms with Crippen molar-refractivity contribution in [2.24, 2.45) is 5.92 Å². The maximum absolute atomic E-state index is 12.8. The number of hydrogen-bond acceptors (Lipinski definition) is 4. The molecule has 0 radical (unpaired) electrons. The first-order valence-corrected chi connectivity index (χ1v) is 9.43. The molecule has 0 spiro atoms. The fourth-order valence-corrected chi connectivity index (χ4v) is 3.64. The van der Waals surface area contributed by atoms with Crippen LogP contribution in [0.15, 0.2) is 59.1 Å². The quantitative estimate of drug-likeness (QED) is 0.701. The van der Waals surface area contributed by atoms with Crippen molar-refractivity contribution in [3.05, 3.63) is 71.5 Å². The molecule has 138 valence electrons. The number of likely N-dealkylation sites (tertiary alicyclic amines) is 1. The molecule has 0 N–H and O–H groups in total. The normalized spacial score (nSPS) is 15.1. The van der Waals surface area contributed by atoms with Crippen LogP contribution in [0.1, 0.15) is 34.6 Å². The van der Waals surface area contributed by atoms with Crippen molar-refractivity contribution in [1.82, 2.24) is 15.0 Å². The number of aromatic nitrogens is 2. The summed E-state index contributed by atoms with van der Waals surface area (Å²) >= 11 is 0. The molecule has 4 rings (SSSR count). The lowest BCUT2D eigenvalue weighted by Gasteiger charge is -2.32. The molecule has 1 fully saturated rings. The molecule has 5 heteroatoms. The van der Waals surface area contributed by atoms with Crippen molar-refractivity contribution < 1.29 is 9.32 Å². The van der Waals surface area contributed by atoms with Crippen LogP contribution in [0, 0.1) is 12.8 Å². The summed E-state index contributed by atoms with van der Waals surface area (Å²) < 4.78 is 5.17. The number of piperidine rings is 1. The van der Waals surface area contributed by atoms with Crippen LogP contribution in [-0.2, 0) is 6.42 Å². The zero-order valence-electron chi connectivity index (χ0n) is 15.5. The minimum Gasteiger partial charge on any atom is -0.339 e. The Hall–Kier alpha value is -2.95. The summed E-state index contributed by atoms with van der Waals surface area (Å²) in [7, 11) is 0. The van der Waals surface area contributed by atoms with Gasteiger partial charge in [0.2, 0.25) is 0 Å². The van der Waals surface area contributed by atoms with Gasteiger partial charge in [0.25, 0.3) is 11.8 Å². The van der Waals surface area contributed by atoms with Crippen molar-refractivity contribution in [2.45, 2.75) is 26.2 Å². The molecule has 1 aromatic heterocycles. The molecule has 1 aliphatic heterocycles. The summed E-state index contributed by atoms with van der Waals surface area (Å²) in [6.07, 6.45) is 3.21. The summed E-state index contributed by atoms with van der Waals surface area (Å²) in [6.45, 7) is 3.42. The first-order valence-electron chi connectivity index (χ1n) is 9.43. The Morgan fingerprint density at radius 2 is 1.78 bits per heavy atom. The standard InChI is InChI=1S/C22H23N3O2/c1-16-23-21(27-24-16)19-7-9-20(10-8-19)22(26)25-13-11-18(12-14-25)15-17-5-3-2-4-6-17/h2-10,18H,11-15H2,1H3. The second-order valence-electron chi connectivity index (χ2n) is 7.15. The topological polar surface area (TPSA) is 59.2 Å². The van der Waals surface area contributed by atoms with E-state index in [2.05, 4.69) is 40.5 Å². The van der Waals surface area contributed by atoms with E-state index in [-0.39, 0.29) is 5.91 Å². The smallest absolute Gasteiger partial charge is 0.257 e. The lowest BCUT2D eigenvalue weighted by molar-refractivity contribution is 0.0690. The number of aryl methyl sites for hydroxylation is 1. The number of hydrogen-bond donors (Lipinski definition) is 0. The summed E-state index contributed by atoms with van der Waals surface area (Å²) in [4.78, 5) is 19.0. The Labute approximate surface area is 159 Å². The van der Waals surface area contributed by atoms with Gasteiger partial charge in [0, 0.05) is 24.2 Å². The second-order valence-corrected chi connectivity index (χ2v) is 7.15. The Balaban J connectivity index is 1.35. The van der Waals surface area contributed by atoms with Crippen molar-refractivity contribution >= 4 is 5.91 Å². The van der Waals surface area contributed by atoms with Crippen LogP contribution in [0.4, 0.5) is 0 Å². The molecule has 0 bridgehead atoms. The van der Waals surface area contributed by atoms with Gasteiger partial charge in [0.1, 0.15) is 0 Å². The van der Waals surface area contributed by atoms with Gasteiger partial charge in [-0.3, -0.25) is 4.79 Å². The monoisotopic (exact) mass is 361 g/mol. The number of carbonyl (C=O) groups excluding carboxylic acids is 1. The number of nitrogens with zero attached hydrogens (tertiary/aromatic N) is 3. The van der Waals surface area contributed by atoms with Gasteiger partial charge in [0.05, 0.1) is 0 Å². The number of amides is 1. The molecule has 0 atom stereocenters. The average molecular weight is 361 g/mol. The van der Waals surface area contributed by atoms with Crippen LogP contribution in [0.2, 0.25) is 0 Å². The van der Waals surface area contributed by atoms with Crippen molar-refractivity contribution in [2.75, 3.05) is 13.1 Å². The third-order valence-electron chi connectivity index (χ3n) is 5.18. The molecule has 3 aromatic rings. The molecular formula is C22H23N3O2. The minimum absolute atomic E-state index is 0.0985. The fourth-order valence-electron chi connectivity index (χ4n) is 3.64. The van der Waals surface area contributed by atoms with Gasteiger partial charge in [-0.1, -0.05) is 35.5 Å². The van der Waals surface area contributed by atoms with E-state index in [1.165, 1.54) is 5.56 Å². The maximum Gasteiger partial charge on any atom is 0.257 e. The summed E-state index contributed by atoms with van der Waals surface area (Å²) in [5, 5.41) is 3.80. The Bertz CT molecular complexity index is 895. The van der Waals surface area contributed by atoms with E-state index in [4.69, 9.17) is 4.52 Å². The molecule has 2 aromatic carbocycles. The van der Waals surface area contributed by atoms with Gasteiger partial charge < -0.3 is 9.42 Å². The Morgan fingerprint density at radius 1 is 1.07 bits per heavy atom. The van der Waals surface area contributed by atoms with Crippen LogP contribution < -0.4 is 0 Å². The van der Waals surface area contributed by atoms with Crippen LogP contribution in [-0.4, -0.2) is 34.0 Å². The summed E-state index contributed by atoms with van der Waals surface area (Å²) in [5.74, 6) is 1.83. The van der Waals surface area contributed by atoms with Gasteiger partial charge >= 0.3 is 0 Å². The number of rotatable bonds is 4. The molecule has 27 heavy (non-hydrogen) atoms. The third-order valence-corrected chi connectivity index (χ3v) is 5.18. The average Bonchev–Trinajstić information content (AvgIpc) is 3.15. The van der Waals surface area contributed by atoms with E-state index >= 15 is 0 Å². The molecule has 0 unspecified atom stereocenters. The molecule has 1 saturated heterocycles. The molecule has 5 nitrogen and oxygen atoms in total. The zero-order valence-corrected chi connectivity index (χ0v) is 15.5. The Morgan fingerprint density at radius 3 is 2.41 bits per heavy atom. The van der Waals surface area contributed by atoms with E-state index in [1.807, 2.05) is 29.2 Å². The highest BCUT2D eigenvalue weighted by Gasteiger charge is 2.24. The van der Waals surface area contributed by atoms with E-state index < -0.39 is 0 Å². The Kier molecular flexibility index (Phi) is 5.01. The summed E-state index contributed by atoms with van der Waals surface area (Å²) in [5.41, 5.74) is 2.92. The SMILES string of the molecule is Cc1noc(-c2ccc(C(=O)N3CCC(Cc4ccccc4)CC3)cc2)n1. The molecule has 0 saturated carbocycles. The van der Waals surface area contributed by atoms with E-state index in [0.717, 1.165) is 37.9 Å². The number of benzene rings is 2. The summed E-state index contributed by atoms with van der Waals surface area (Å²) in [6, 6.07) is 18.0. The van der Waals surface area contributed by atoms with E-state index in [0.29, 0.717) is 23.2 Å². The van der Waals surface area contributed by atoms with Crippen LogP contribution in [0.3, 0.4) is 0 Å². The zero-order chi connectivity index (χ0) is 18.6. The maximum atomic E-state index is 12.8. The second kappa shape index (κ2) is 7.74. The highest BCUT2D eigenvalue weighted by atomic mass is 16.5. The first-order chi connectivity index (χ1) is 13.2. The first kappa shape index (κ1) is 17.5. The molecule has 2 heterocycles. The highest BCUT2D eigenvalue weighted by Crippen LogP contribution is 2.24. The largest absolute Gasteiger partial charge is 0.339 e. The van der Waals surface area contributed by atoms with Gasteiger partial charge in [-0.2, -0.15) is 4.98 Å². The van der Waals surface area contributed by atoms with E-state index in [1.54, 1.807) is 6.92 Å². The van der Waals surface area contributed by atoms with Gasteiger partial charge in [-0.05, 0) is 61.9 Å². The third kappa shape index (κ3) is 4.08. The molecule has 0 aliphatic carbocycles. The van der Waals surface area contributed by atoms with Crippen molar-refractivity contribution in [3.8, 4) is 11.5 Å². The lowest BCUT2D eigenvalue weighted by atomic mass is 9.90. The molecule has 1 aliphatic rings. The van der Waals surface area contributed by atoms with E-state index in [9.17, 15) is 4.79 Å². The number of carbonyl (C=O) groups is 1. The van der Waals surface area contributed by atoms with Crippen LogP contribution in [0.25, 0.3) is 11.5 Å². The van der Waals surface area contributed by atoms with Gasteiger partial charge in [-0.25, -0.2) is 0 Å². The van der Waals surface area contributed by atoms with Crippen LogP contribution >= 0.6 is 0 Å².